The monoisotopic (exact) mass is 426 g/mol. The zero-order valence-electron chi connectivity index (χ0n) is 16.8. The normalized spacial score (nSPS) is 21.0. The first-order valence-electron chi connectivity index (χ1n) is 9.98. The summed E-state index contributed by atoms with van der Waals surface area (Å²) in [5.41, 5.74) is 6.32. The van der Waals surface area contributed by atoms with Crippen molar-refractivity contribution in [1.29, 1.82) is 0 Å². The van der Waals surface area contributed by atoms with Crippen molar-refractivity contribution in [2.45, 2.75) is 18.6 Å². The molecule has 1 aliphatic heterocycles. The molecule has 1 amide bonds. The van der Waals surface area contributed by atoms with E-state index in [2.05, 4.69) is 9.97 Å². The van der Waals surface area contributed by atoms with E-state index in [-0.39, 0.29) is 30.3 Å². The van der Waals surface area contributed by atoms with Gasteiger partial charge < -0.3 is 25.2 Å². The maximum atomic E-state index is 13.1. The molecule has 8 nitrogen and oxygen atoms in total. The van der Waals surface area contributed by atoms with Crippen molar-refractivity contribution >= 4 is 17.3 Å². The van der Waals surface area contributed by atoms with Crippen molar-refractivity contribution in [3.63, 3.8) is 0 Å². The Morgan fingerprint density at radius 2 is 2.13 bits per heavy atom. The van der Waals surface area contributed by atoms with Crippen molar-refractivity contribution in [3.8, 4) is 5.75 Å². The Morgan fingerprint density at radius 3 is 2.81 bits per heavy atom. The first-order valence-corrected chi connectivity index (χ1v) is 9.98. The van der Waals surface area contributed by atoms with Crippen LogP contribution in [0.2, 0.25) is 0 Å². The minimum atomic E-state index is -0.656. The standard InChI is InChI=1S/C22H23FN4O4/c23-15-3-7-18(8-4-15)31-17-5-1-14(2-6-17)22-25-19(21(24)29)11-20(26-22)27-9-10-30-13-16(27)12-28/h1-5,7-8,11,16-17,28H,6,9-10,12-13H2,(H2,24,29). The molecule has 0 bridgehead atoms. The number of benzene rings is 1. The molecule has 0 spiro atoms. The van der Waals surface area contributed by atoms with Crippen LogP contribution >= 0.6 is 0 Å². The highest BCUT2D eigenvalue weighted by molar-refractivity contribution is 5.92. The number of amides is 1. The molecule has 0 saturated carbocycles. The Kier molecular flexibility index (Phi) is 6.24. The summed E-state index contributed by atoms with van der Waals surface area (Å²) in [5.74, 6) is 0.479. The van der Waals surface area contributed by atoms with Crippen LogP contribution in [0.5, 0.6) is 5.75 Å². The van der Waals surface area contributed by atoms with Crippen LogP contribution < -0.4 is 15.4 Å². The van der Waals surface area contributed by atoms with Crippen LogP contribution in [0, 0.1) is 5.82 Å². The summed E-state index contributed by atoms with van der Waals surface area (Å²) in [6.07, 6.45) is 5.94. The van der Waals surface area contributed by atoms with E-state index in [1.54, 1.807) is 12.1 Å². The van der Waals surface area contributed by atoms with E-state index in [9.17, 15) is 14.3 Å². The fourth-order valence-corrected chi connectivity index (χ4v) is 3.49. The number of nitrogens with zero attached hydrogens (tertiary/aromatic N) is 3. The summed E-state index contributed by atoms with van der Waals surface area (Å²) in [4.78, 5) is 22.7. The molecule has 1 fully saturated rings. The Balaban J connectivity index is 1.55. The largest absolute Gasteiger partial charge is 0.486 e. The molecule has 162 valence electrons. The predicted octanol–water partition coefficient (Wildman–Crippen LogP) is 1.70. The fourth-order valence-electron chi connectivity index (χ4n) is 3.49. The lowest BCUT2D eigenvalue weighted by molar-refractivity contribution is 0.0722. The number of rotatable bonds is 6. The van der Waals surface area contributed by atoms with Gasteiger partial charge in [-0.05, 0) is 30.3 Å². The molecule has 2 aliphatic rings. The quantitative estimate of drug-likeness (QED) is 0.723. The third kappa shape index (κ3) is 4.89. The maximum absolute atomic E-state index is 13.1. The topological polar surface area (TPSA) is 111 Å². The second-order valence-corrected chi connectivity index (χ2v) is 7.27. The molecule has 3 N–H and O–H groups in total. The number of halogens is 1. The number of nitrogens with two attached hydrogens (primary N) is 1. The number of carbonyl (C=O) groups is 1. The lowest BCUT2D eigenvalue weighted by Crippen LogP contribution is -2.48. The minimum Gasteiger partial charge on any atom is -0.486 e. The smallest absolute Gasteiger partial charge is 0.267 e. The van der Waals surface area contributed by atoms with E-state index in [1.165, 1.54) is 18.2 Å². The Labute approximate surface area is 178 Å². The number of morpholine rings is 1. The highest BCUT2D eigenvalue weighted by atomic mass is 19.1. The highest BCUT2D eigenvalue weighted by Gasteiger charge is 2.26. The number of aliphatic hydroxyl groups excluding tert-OH is 1. The van der Waals surface area contributed by atoms with Crippen LogP contribution in [-0.2, 0) is 4.74 Å². The molecule has 1 aromatic heterocycles. The maximum Gasteiger partial charge on any atom is 0.267 e. The van der Waals surface area contributed by atoms with E-state index in [0.717, 1.165) is 5.57 Å². The molecule has 1 aromatic carbocycles. The zero-order valence-corrected chi connectivity index (χ0v) is 16.8. The number of hydrogen-bond acceptors (Lipinski definition) is 7. The van der Waals surface area contributed by atoms with Gasteiger partial charge in [0.05, 0.1) is 25.9 Å². The summed E-state index contributed by atoms with van der Waals surface area (Å²) >= 11 is 0. The van der Waals surface area contributed by atoms with Gasteiger partial charge in [-0.1, -0.05) is 12.2 Å². The number of allylic oxidation sites excluding steroid dienone is 2. The lowest BCUT2D eigenvalue weighted by Gasteiger charge is -2.35. The summed E-state index contributed by atoms with van der Waals surface area (Å²) in [6, 6.07) is 7.12. The number of primary amides is 1. The molecular weight excluding hydrogens is 403 g/mol. The first kappa shape index (κ1) is 21.0. The van der Waals surface area contributed by atoms with Gasteiger partial charge >= 0.3 is 0 Å². The van der Waals surface area contributed by atoms with Crippen LogP contribution in [0.25, 0.3) is 5.57 Å². The van der Waals surface area contributed by atoms with Crippen LogP contribution in [0.3, 0.4) is 0 Å². The van der Waals surface area contributed by atoms with Gasteiger partial charge in [-0.2, -0.15) is 0 Å². The third-order valence-corrected chi connectivity index (χ3v) is 5.12. The molecule has 2 aromatic rings. The van der Waals surface area contributed by atoms with Gasteiger partial charge in [-0.15, -0.1) is 0 Å². The summed E-state index contributed by atoms with van der Waals surface area (Å²) in [7, 11) is 0. The third-order valence-electron chi connectivity index (χ3n) is 5.12. The van der Waals surface area contributed by atoms with Crippen molar-refractivity contribution in [2.75, 3.05) is 31.3 Å². The van der Waals surface area contributed by atoms with Crippen molar-refractivity contribution < 1.29 is 23.8 Å². The van der Waals surface area contributed by atoms with Gasteiger partial charge in [-0.25, -0.2) is 14.4 Å². The number of hydrogen-bond donors (Lipinski definition) is 2. The van der Waals surface area contributed by atoms with Gasteiger partial charge in [-0.3, -0.25) is 4.79 Å². The average Bonchev–Trinajstić information content (AvgIpc) is 2.80. The van der Waals surface area contributed by atoms with E-state index in [0.29, 0.717) is 43.6 Å². The van der Waals surface area contributed by atoms with Gasteiger partial charge in [0, 0.05) is 24.6 Å². The summed E-state index contributed by atoms with van der Waals surface area (Å²) in [5, 5.41) is 9.67. The molecule has 1 saturated heterocycles. The molecule has 2 unspecified atom stereocenters. The predicted molar refractivity (Wildman–Crippen MR) is 112 cm³/mol. The zero-order chi connectivity index (χ0) is 21.8. The molecule has 31 heavy (non-hydrogen) atoms. The van der Waals surface area contributed by atoms with Gasteiger partial charge in [0.2, 0.25) is 0 Å². The molecule has 2 atom stereocenters. The number of carbonyl (C=O) groups excluding carboxylic acids is 1. The van der Waals surface area contributed by atoms with Crippen LogP contribution in [0.15, 0.2) is 48.6 Å². The van der Waals surface area contributed by atoms with Crippen molar-refractivity contribution in [3.05, 3.63) is 65.9 Å². The van der Waals surface area contributed by atoms with E-state index in [1.807, 2.05) is 23.1 Å². The SMILES string of the molecule is NC(=O)c1cc(N2CCOCC2CO)nc(C2=CCC(Oc3ccc(F)cc3)C=C2)n1. The van der Waals surface area contributed by atoms with Crippen molar-refractivity contribution in [1.82, 2.24) is 9.97 Å². The van der Waals surface area contributed by atoms with Gasteiger partial charge in [0.1, 0.15) is 29.2 Å². The van der Waals surface area contributed by atoms with Crippen LogP contribution in [0.1, 0.15) is 22.7 Å². The van der Waals surface area contributed by atoms with E-state index in [4.69, 9.17) is 15.2 Å². The minimum absolute atomic E-state index is 0.0992. The highest BCUT2D eigenvalue weighted by Crippen LogP contribution is 2.25. The molecular formula is C22H23FN4O4. The first-order chi connectivity index (χ1) is 15.0. The second-order valence-electron chi connectivity index (χ2n) is 7.27. The van der Waals surface area contributed by atoms with Gasteiger partial charge in [0.25, 0.3) is 5.91 Å². The molecule has 1 aliphatic carbocycles. The van der Waals surface area contributed by atoms with Crippen molar-refractivity contribution in [2.24, 2.45) is 5.73 Å². The number of aliphatic hydroxyl groups is 1. The number of anilines is 1. The molecule has 9 heteroatoms. The Bertz CT molecular complexity index is 1010. The molecule has 4 rings (SSSR count). The van der Waals surface area contributed by atoms with E-state index < -0.39 is 5.91 Å². The molecule has 2 heterocycles. The average molecular weight is 426 g/mol. The summed E-state index contributed by atoms with van der Waals surface area (Å²) in [6.45, 7) is 1.29. The lowest BCUT2D eigenvalue weighted by atomic mass is 10.0. The molecule has 0 radical (unpaired) electrons. The fraction of sp³-hybridized carbons (Fsp3) is 0.318. The van der Waals surface area contributed by atoms with E-state index >= 15 is 0 Å². The number of aromatic nitrogens is 2. The Hall–Kier alpha value is -3.30. The van der Waals surface area contributed by atoms with Crippen LogP contribution in [-0.4, -0.2) is 59.5 Å². The summed E-state index contributed by atoms with van der Waals surface area (Å²) < 4.78 is 24.3. The number of ether oxygens (including phenoxy) is 2. The van der Waals surface area contributed by atoms with Crippen LogP contribution in [0.4, 0.5) is 10.2 Å². The Morgan fingerprint density at radius 1 is 1.32 bits per heavy atom. The van der Waals surface area contributed by atoms with Gasteiger partial charge in [0.15, 0.2) is 5.82 Å². The second kappa shape index (κ2) is 9.23.